The molecule has 0 saturated carbocycles. The molecule has 1 fully saturated rings. The van der Waals surface area contributed by atoms with Crippen LogP contribution in [0.2, 0.25) is 0 Å². The van der Waals surface area contributed by atoms with Crippen LogP contribution in [0.25, 0.3) is 0 Å². The number of sulfone groups is 1. The lowest BCUT2D eigenvalue weighted by Crippen LogP contribution is -2.37. The van der Waals surface area contributed by atoms with Crippen molar-refractivity contribution in [3.63, 3.8) is 0 Å². The van der Waals surface area contributed by atoms with E-state index in [-0.39, 0.29) is 22.2 Å². The van der Waals surface area contributed by atoms with Crippen LogP contribution < -0.4 is 5.73 Å². The average Bonchev–Trinajstić information content (AvgIpc) is 2.68. The monoisotopic (exact) mass is 305 g/mol. The predicted octanol–water partition coefficient (Wildman–Crippen LogP) is -0.529. The lowest BCUT2D eigenvalue weighted by Gasteiger charge is -2.22. The summed E-state index contributed by atoms with van der Waals surface area (Å²) in [6, 6.07) is 2.07. The Balaban J connectivity index is 2.30. The molecule has 0 aliphatic carbocycles. The number of aromatic nitrogens is 1. The molecule has 1 aliphatic rings. The number of hydrogen-bond donors (Lipinski definition) is 1. The van der Waals surface area contributed by atoms with Crippen molar-refractivity contribution in [1.29, 1.82) is 0 Å². The van der Waals surface area contributed by atoms with Crippen LogP contribution in [-0.4, -0.2) is 50.7 Å². The van der Waals surface area contributed by atoms with Gasteiger partial charge in [-0.05, 0) is 12.5 Å². The fourth-order valence-electron chi connectivity index (χ4n) is 2.01. The van der Waals surface area contributed by atoms with Crippen molar-refractivity contribution in [2.45, 2.75) is 17.4 Å². The van der Waals surface area contributed by atoms with Crippen molar-refractivity contribution in [3.8, 4) is 0 Å². The van der Waals surface area contributed by atoms with Gasteiger partial charge in [0, 0.05) is 25.4 Å². The second kappa shape index (κ2) is 4.73. The fraction of sp³-hybridized carbons (Fsp3) is 0.500. The summed E-state index contributed by atoms with van der Waals surface area (Å²) in [6.07, 6.45) is 1.63. The van der Waals surface area contributed by atoms with Crippen molar-refractivity contribution < 1.29 is 16.8 Å². The molecule has 1 saturated heterocycles. The Labute approximate surface area is 112 Å². The molecule has 2 N–H and O–H groups in total. The smallest absolute Gasteiger partial charge is 0.243 e. The molecule has 0 radical (unpaired) electrons. The van der Waals surface area contributed by atoms with E-state index in [0.29, 0.717) is 6.42 Å². The lowest BCUT2D eigenvalue weighted by atomic mass is 10.3. The molecule has 1 unspecified atom stereocenters. The average molecular weight is 305 g/mol. The molecule has 9 heteroatoms. The molecule has 1 aromatic heterocycles. The Morgan fingerprint density at radius 3 is 2.68 bits per heavy atom. The van der Waals surface area contributed by atoms with Gasteiger partial charge in [-0.1, -0.05) is 0 Å². The van der Waals surface area contributed by atoms with E-state index in [1.165, 1.54) is 25.4 Å². The Morgan fingerprint density at radius 1 is 1.47 bits per heavy atom. The zero-order valence-electron chi connectivity index (χ0n) is 10.4. The van der Waals surface area contributed by atoms with Crippen molar-refractivity contribution in [2.75, 3.05) is 24.3 Å². The third-order valence-electron chi connectivity index (χ3n) is 3.15. The Hall–Kier alpha value is -1.19. The van der Waals surface area contributed by atoms with Gasteiger partial charge in [0.15, 0.2) is 9.84 Å². The van der Waals surface area contributed by atoms with E-state index in [1.54, 1.807) is 0 Å². The summed E-state index contributed by atoms with van der Waals surface area (Å²) in [5.74, 6) is -0.00669. The minimum atomic E-state index is -3.75. The molecule has 2 heterocycles. The van der Waals surface area contributed by atoms with Gasteiger partial charge in [0.25, 0.3) is 0 Å². The Morgan fingerprint density at radius 2 is 2.16 bits per heavy atom. The fourth-order valence-corrected chi connectivity index (χ4v) is 5.29. The summed E-state index contributed by atoms with van der Waals surface area (Å²) in [4.78, 5) is 3.75. The molecule has 0 amide bonds. The summed E-state index contributed by atoms with van der Waals surface area (Å²) < 4.78 is 48.6. The lowest BCUT2D eigenvalue weighted by molar-refractivity contribution is 0.394. The minimum Gasteiger partial charge on any atom is -0.384 e. The largest absolute Gasteiger partial charge is 0.384 e. The first-order valence-electron chi connectivity index (χ1n) is 5.62. The molecule has 2 rings (SSSR count). The maximum atomic E-state index is 12.3. The maximum absolute atomic E-state index is 12.3. The molecule has 106 valence electrons. The molecule has 19 heavy (non-hydrogen) atoms. The number of hydrogen-bond acceptors (Lipinski definition) is 6. The van der Waals surface area contributed by atoms with Gasteiger partial charge in [0.05, 0.1) is 16.4 Å². The predicted molar refractivity (Wildman–Crippen MR) is 70.7 cm³/mol. The first-order valence-corrected chi connectivity index (χ1v) is 8.88. The third kappa shape index (κ3) is 2.88. The van der Waals surface area contributed by atoms with E-state index in [2.05, 4.69) is 4.98 Å². The van der Waals surface area contributed by atoms with Crippen LogP contribution in [0.4, 0.5) is 5.82 Å². The Bertz CT molecular complexity index is 684. The first kappa shape index (κ1) is 14.2. The van der Waals surface area contributed by atoms with Crippen molar-refractivity contribution >= 4 is 25.7 Å². The van der Waals surface area contributed by atoms with Gasteiger partial charge < -0.3 is 5.73 Å². The van der Waals surface area contributed by atoms with Crippen LogP contribution in [0, 0.1) is 0 Å². The van der Waals surface area contributed by atoms with Crippen molar-refractivity contribution in [2.24, 2.45) is 0 Å². The highest BCUT2D eigenvalue weighted by Gasteiger charge is 2.36. The van der Waals surface area contributed by atoms with Gasteiger partial charge in [-0.15, -0.1) is 0 Å². The zero-order valence-corrected chi connectivity index (χ0v) is 12.0. The molecule has 7 nitrogen and oxygen atoms in total. The highest BCUT2D eigenvalue weighted by molar-refractivity contribution is 7.92. The summed E-state index contributed by atoms with van der Waals surface area (Å²) in [5.41, 5.74) is 5.46. The van der Waals surface area contributed by atoms with Gasteiger partial charge in [0.1, 0.15) is 5.82 Å². The van der Waals surface area contributed by atoms with Crippen LogP contribution in [0.15, 0.2) is 23.2 Å². The van der Waals surface area contributed by atoms with Gasteiger partial charge in [0.2, 0.25) is 10.0 Å². The number of pyridine rings is 1. The summed E-state index contributed by atoms with van der Waals surface area (Å²) in [6.45, 7) is 0. The van der Waals surface area contributed by atoms with Crippen LogP contribution in [-0.2, 0) is 19.9 Å². The van der Waals surface area contributed by atoms with Crippen molar-refractivity contribution in [3.05, 3.63) is 18.3 Å². The van der Waals surface area contributed by atoms with E-state index in [4.69, 9.17) is 5.73 Å². The number of nitrogen functional groups attached to an aromatic ring is 1. The van der Waals surface area contributed by atoms with Crippen LogP contribution in [0.1, 0.15) is 6.42 Å². The van der Waals surface area contributed by atoms with Gasteiger partial charge in [-0.2, -0.15) is 4.31 Å². The van der Waals surface area contributed by atoms with E-state index in [0.717, 1.165) is 4.31 Å². The molecule has 1 atom stereocenters. The van der Waals surface area contributed by atoms with E-state index < -0.39 is 25.9 Å². The SMILES string of the molecule is CN(C1CCS(=O)(=O)C1)S(=O)(=O)c1ccnc(N)c1. The van der Waals surface area contributed by atoms with E-state index in [1.807, 2.05) is 0 Å². The normalized spacial score (nSPS) is 22.7. The highest BCUT2D eigenvalue weighted by Crippen LogP contribution is 2.23. The number of nitrogens with zero attached hydrogens (tertiary/aromatic N) is 2. The second-order valence-electron chi connectivity index (χ2n) is 4.49. The van der Waals surface area contributed by atoms with E-state index >= 15 is 0 Å². The number of anilines is 1. The molecule has 1 aromatic rings. The number of rotatable bonds is 3. The van der Waals surface area contributed by atoms with Gasteiger partial charge in [-0.25, -0.2) is 21.8 Å². The Kier molecular flexibility index (Phi) is 3.54. The molecule has 0 bridgehead atoms. The summed E-state index contributed by atoms with van der Waals surface area (Å²) in [5, 5.41) is 0. The molecule has 0 spiro atoms. The van der Waals surface area contributed by atoms with Gasteiger partial charge in [-0.3, -0.25) is 0 Å². The quantitative estimate of drug-likeness (QED) is 0.804. The first-order chi connectivity index (χ1) is 8.72. The number of sulfonamides is 1. The number of nitrogens with two attached hydrogens (primary N) is 1. The van der Waals surface area contributed by atoms with E-state index in [9.17, 15) is 16.8 Å². The van der Waals surface area contributed by atoms with Crippen LogP contribution >= 0.6 is 0 Å². The summed E-state index contributed by atoms with van der Waals surface area (Å²) in [7, 11) is -5.49. The van der Waals surface area contributed by atoms with Crippen LogP contribution in [0.5, 0.6) is 0 Å². The molecular weight excluding hydrogens is 290 g/mol. The molecule has 0 aromatic carbocycles. The van der Waals surface area contributed by atoms with Crippen LogP contribution in [0.3, 0.4) is 0 Å². The summed E-state index contributed by atoms with van der Waals surface area (Å²) >= 11 is 0. The topological polar surface area (TPSA) is 110 Å². The maximum Gasteiger partial charge on any atom is 0.243 e. The minimum absolute atomic E-state index is 0.0202. The highest BCUT2D eigenvalue weighted by atomic mass is 32.2. The van der Waals surface area contributed by atoms with Crippen molar-refractivity contribution in [1.82, 2.24) is 9.29 Å². The second-order valence-corrected chi connectivity index (χ2v) is 8.72. The molecule has 1 aliphatic heterocycles. The molecular formula is C10H15N3O4S2. The van der Waals surface area contributed by atoms with Gasteiger partial charge >= 0.3 is 0 Å². The third-order valence-corrected chi connectivity index (χ3v) is 6.81. The zero-order chi connectivity index (χ0) is 14.3. The standard InChI is InChI=1S/C10H15N3O4S2/c1-13(8-3-5-18(14,15)7-8)19(16,17)9-2-4-12-10(11)6-9/h2,4,6,8H,3,5,7H2,1H3,(H2,11,12).